The Hall–Kier alpha value is -8.64. The maximum absolute atomic E-state index is 14.8. The number of nitrogen functional groups attached to an aromatic ring is 1. The number of carbonyl (C=O) groups excluding carboxylic acids is 10. The number of benzene rings is 2. The number of nitrogens with zero attached hydrogens (tertiary/aromatic N) is 8. The second kappa shape index (κ2) is 24.8. The summed E-state index contributed by atoms with van der Waals surface area (Å²) in [6.45, 7) is 7.57. The van der Waals surface area contributed by atoms with Crippen molar-refractivity contribution in [3.8, 4) is 0 Å². The molecule has 6 N–H and O–H groups in total. The van der Waals surface area contributed by atoms with Crippen molar-refractivity contribution in [1.82, 2.24) is 60.8 Å². The second-order valence-electron chi connectivity index (χ2n) is 19.6. The summed E-state index contributed by atoms with van der Waals surface area (Å²) in [5.74, 6) is -10.6. The van der Waals surface area contributed by atoms with E-state index in [1.54, 1.807) is 76.2 Å². The molecular weight excluding hydrogens is 999 g/mol. The average molecular weight is 1060 g/mol. The highest BCUT2D eigenvalue weighted by Gasteiger charge is 2.42. The van der Waals surface area contributed by atoms with Crippen LogP contribution in [0.25, 0.3) is 22.1 Å². The Balaban J connectivity index is 1.41. The zero-order valence-electron chi connectivity index (χ0n) is 44.5. The van der Waals surface area contributed by atoms with Gasteiger partial charge in [0.15, 0.2) is 11.5 Å². The third-order valence-electron chi connectivity index (χ3n) is 13.3. The van der Waals surface area contributed by atoms with Crippen LogP contribution in [0.4, 0.5) is 5.82 Å². The predicted octanol–water partition coefficient (Wildman–Crippen LogP) is 0.132. The van der Waals surface area contributed by atoms with Crippen LogP contribution < -0.4 is 27.0 Å². The number of rotatable bonds is 6. The molecule has 25 heteroatoms. The number of anilines is 1. The molecule has 2 aliphatic rings. The van der Waals surface area contributed by atoms with Gasteiger partial charge in [-0.2, -0.15) is 0 Å². The maximum Gasteiger partial charge on any atom is 0.329 e. The highest BCUT2D eigenvalue weighted by atomic mass is 16.5. The number of cyclic esters (lactones) is 2. The molecular formula is C52H65N13O12. The number of carbonyl (C=O) groups is 10. The minimum atomic E-state index is -1.72. The molecule has 25 nitrogen and oxygen atoms in total. The highest BCUT2D eigenvalue weighted by Crippen LogP contribution is 2.22. The van der Waals surface area contributed by atoms with E-state index in [1.807, 2.05) is 0 Å². The van der Waals surface area contributed by atoms with Gasteiger partial charge in [-0.3, -0.25) is 43.3 Å². The fourth-order valence-electron chi connectivity index (χ4n) is 9.04. The normalized spacial score (nSPS) is 24.8. The number of fused-ring (bicyclic) bond motifs is 6. The Morgan fingerprint density at radius 1 is 0.584 bits per heavy atom. The Kier molecular flexibility index (Phi) is 18.6. The van der Waals surface area contributed by atoms with E-state index in [9.17, 15) is 47.9 Å². The lowest BCUT2D eigenvalue weighted by Crippen LogP contribution is -2.60. The van der Waals surface area contributed by atoms with Crippen molar-refractivity contribution in [3.63, 3.8) is 0 Å². The van der Waals surface area contributed by atoms with Gasteiger partial charge in [0.05, 0.1) is 28.3 Å². The Morgan fingerprint density at radius 3 is 1.43 bits per heavy atom. The molecule has 0 saturated heterocycles. The summed E-state index contributed by atoms with van der Waals surface area (Å²) in [5.41, 5.74) is 7.15. The van der Waals surface area contributed by atoms with Crippen molar-refractivity contribution in [2.45, 2.75) is 103 Å². The molecule has 77 heavy (non-hydrogen) atoms. The molecule has 2 bridgehead atoms. The molecule has 2 aromatic heterocycles. The van der Waals surface area contributed by atoms with Gasteiger partial charge in [-0.25, -0.2) is 24.5 Å². The molecule has 4 aromatic rings. The number of para-hydroxylation sites is 4. The average Bonchev–Trinajstić information content (AvgIpc) is 3.40. The van der Waals surface area contributed by atoms with Gasteiger partial charge in [0.2, 0.25) is 35.4 Å². The third kappa shape index (κ3) is 13.3. The monoisotopic (exact) mass is 1060 g/mol. The van der Waals surface area contributed by atoms with Crippen LogP contribution in [-0.2, 0) is 47.8 Å². The van der Waals surface area contributed by atoms with E-state index in [4.69, 9.17) is 15.2 Å². The van der Waals surface area contributed by atoms with Crippen molar-refractivity contribution in [3.05, 3.63) is 78.3 Å². The van der Waals surface area contributed by atoms with E-state index in [2.05, 4.69) is 41.2 Å². The lowest BCUT2D eigenvalue weighted by Gasteiger charge is -2.37. The molecule has 0 radical (unpaired) electrons. The molecule has 4 heterocycles. The molecule has 0 fully saturated rings. The SMILES string of the molecule is CC(C)[C@H]1C(=O)OC[C@@H](NC(=O)c2nc3ccccc3nc2N)C(=O)N[C@@H](C)C(=O)N(C)[C@H]2C/C=C\C[C@@H](C(=O)N1C)N(C)C(=O)[C@H](C)NC(=O)[C@H](NC(=O)c1cnc3ccccc3n1)COC(=O)[C@H](C(C)C)N(C)C2=O. The molecule has 0 spiro atoms. The molecule has 2 aromatic carbocycles. The van der Waals surface area contributed by atoms with Crippen LogP contribution in [0.15, 0.2) is 66.9 Å². The van der Waals surface area contributed by atoms with Gasteiger partial charge < -0.3 is 56.1 Å². The number of hydrogen-bond donors (Lipinski definition) is 5. The number of likely N-dealkylation sites (N-methyl/N-ethyl adjacent to an activating group) is 4. The quantitative estimate of drug-likeness (QED) is 0.127. The van der Waals surface area contributed by atoms with Crippen LogP contribution in [0, 0.1) is 11.8 Å². The summed E-state index contributed by atoms with van der Waals surface area (Å²) >= 11 is 0. The zero-order valence-corrected chi connectivity index (χ0v) is 44.5. The van der Waals surface area contributed by atoms with Crippen LogP contribution in [0.2, 0.25) is 0 Å². The van der Waals surface area contributed by atoms with Crippen molar-refractivity contribution < 1.29 is 57.4 Å². The fraction of sp³-hybridized carbons (Fsp3) is 0.462. The number of nitrogens with two attached hydrogens (primary N) is 1. The zero-order chi connectivity index (χ0) is 56.6. The number of aromatic nitrogens is 4. The van der Waals surface area contributed by atoms with E-state index >= 15 is 0 Å². The first-order chi connectivity index (χ1) is 36.4. The number of amides is 8. The van der Waals surface area contributed by atoms with Gasteiger partial charge in [0, 0.05) is 28.2 Å². The molecule has 0 saturated carbocycles. The topological polar surface area (TPSA) is 328 Å². The predicted molar refractivity (Wildman–Crippen MR) is 277 cm³/mol. The summed E-state index contributed by atoms with van der Waals surface area (Å²) < 4.78 is 11.4. The highest BCUT2D eigenvalue weighted by molar-refractivity contribution is 6.02. The summed E-state index contributed by atoms with van der Waals surface area (Å²) in [6.07, 6.45) is 3.76. The Labute approximate surface area is 444 Å². The standard InChI is InChI=1S/C52H65N13O12/c1-26(2)40-51(74)76-24-35(60-43(66)34-23-54-30-17-11-12-18-31(30)57-34)44(67)55-28(5)47(70)62(7)37-21-15-16-22-38(49(72)64(40)9)63(8)48(71)29(6)56-45(68)36(25-77-52(75)41(27(3)4)65(10)50(37)73)61-46(69)39-42(53)59-33-20-14-13-19-32(33)58-39/h11-20,23,26-29,35-38,40-41H,21-22,24-25H2,1-10H3,(H2,53,59)(H,55,67)(H,56,68)(H,60,66)(H,61,69)/b16-15-/t28-,29-,35+,36+,37-,38-,40-,41-/m0/s1. The Morgan fingerprint density at radius 2 is 0.987 bits per heavy atom. The van der Waals surface area contributed by atoms with Crippen molar-refractivity contribution in [1.29, 1.82) is 0 Å². The van der Waals surface area contributed by atoms with E-state index in [1.165, 1.54) is 60.4 Å². The summed E-state index contributed by atoms with van der Waals surface area (Å²) in [7, 11) is 5.26. The first-order valence-corrected chi connectivity index (χ1v) is 24.9. The fourth-order valence-corrected chi connectivity index (χ4v) is 9.04. The van der Waals surface area contributed by atoms with E-state index < -0.39 is 133 Å². The minimum Gasteiger partial charge on any atom is -0.461 e. The molecule has 410 valence electrons. The van der Waals surface area contributed by atoms with Gasteiger partial charge in [-0.15, -0.1) is 0 Å². The lowest BCUT2D eigenvalue weighted by molar-refractivity contribution is -0.160. The Bertz CT molecular complexity index is 2990. The van der Waals surface area contributed by atoms with E-state index in [-0.39, 0.29) is 30.0 Å². The van der Waals surface area contributed by atoms with Gasteiger partial charge in [-0.05, 0) is 62.8 Å². The van der Waals surface area contributed by atoms with Crippen LogP contribution in [0.1, 0.15) is 75.4 Å². The van der Waals surface area contributed by atoms with Crippen LogP contribution >= 0.6 is 0 Å². The van der Waals surface area contributed by atoms with E-state index in [0.29, 0.717) is 22.1 Å². The number of ether oxygens (including phenoxy) is 2. The van der Waals surface area contributed by atoms with Crippen molar-refractivity contribution in [2.24, 2.45) is 11.8 Å². The molecule has 0 aliphatic carbocycles. The van der Waals surface area contributed by atoms with Crippen molar-refractivity contribution >= 4 is 87.1 Å². The molecule has 6 rings (SSSR count). The number of nitrogens with one attached hydrogen (secondary N) is 4. The minimum absolute atomic E-state index is 0.187. The second-order valence-corrected chi connectivity index (χ2v) is 19.6. The summed E-state index contributed by atoms with van der Waals surface area (Å²) in [6, 6.07) is 1.65. The summed E-state index contributed by atoms with van der Waals surface area (Å²) in [5, 5.41) is 10.1. The molecule has 2 aliphatic heterocycles. The third-order valence-corrected chi connectivity index (χ3v) is 13.3. The van der Waals surface area contributed by atoms with Crippen LogP contribution in [0.5, 0.6) is 0 Å². The number of hydrogen-bond acceptors (Lipinski definition) is 17. The summed E-state index contributed by atoms with van der Waals surface area (Å²) in [4.78, 5) is 164. The van der Waals surface area contributed by atoms with Gasteiger partial charge in [-0.1, -0.05) is 64.1 Å². The van der Waals surface area contributed by atoms with Crippen LogP contribution in [-0.4, -0.2) is 188 Å². The number of esters is 2. The van der Waals surface area contributed by atoms with Gasteiger partial charge >= 0.3 is 11.9 Å². The van der Waals surface area contributed by atoms with Crippen molar-refractivity contribution in [2.75, 3.05) is 47.1 Å². The first kappa shape index (κ1) is 57.6. The molecule has 0 unspecified atom stereocenters. The maximum atomic E-state index is 14.8. The van der Waals surface area contributed by atoms with Crippen LogP contribution in [0.3, 0.4) is 0 Å². The van der Waals surface area contributed by atoms with E-state index in [0.717, 1.165) is 19.6 Å². The molecule has 8 atom stereocenters. The smallest absolute Gasteiger partial charge is 0.329 e. The van der Waals surface area contributed by atoms with Gasteiger partial charge in [0.25, 0.3) is 11.8 Å². The largest absolute Gasteiger partial charge is 0.461 e. The first-order valence-electron chi connectivity index (χ1n) is 24.9. The lowest BCUT2D eigenvalue weighted by atomic mass is 9.99. The van der Waals surface area contributed by atoms with Gasteiger partial charge in [0.1, 0.15) is 67.2 Å². The molecule has 8 amide bonds.